The standard InChI is InChI=1S/C24H29N3O6S/c1-16(2)32-21-10-5-18(15-22(21)31-4)23-25-24(33-26-23)17-11-13-27(14-12-17)34(28,29)20-8-6-19(30-3)7-9-20/h5-10,15-17H,11-14H2,1-4H3. The molecular formula is C24H29N3O6S. The SMILES string of the molecule is COc1ccc(S(=O)(=O)N2CCC(c3nc(-c4ccc(OC(C)C)c(OC)c4)no3)CC2)cc1. The third-order valence-corrected chi connectivity index (χ3v) is 7.64. The number of hydrogen-bond acceptors (Lipinski definition) is 8. The Hall–Kier alpha value is -3.11. The summed E-state index contributed by atoms with van der Waals surface area (Å²) in [5, 5.41) is 4.13. The summed E-state index contributed by atoms with van der Waals surface area (Å²) in [5.74, 6) is 2.82. The predicted octanol–water partition coefficient (Wildman–Crippen LogP) is 4.11. The molecular weight excluding hydrogens is 458 g/mol. The summed E-state index contributed by atoms with van der Waals surface area (Å²) in [6, 6.07) is 11.9. The van der Waals surface area contributed by atoms with Gasteiger partial charge in [-0.1, -0.05) is 5.16 Å². The molecule has 0 unspecified atom stereocenters. The third kappa shape index (κ3) is 5.02. The normalized spacial score (nSPS) is 15.4. The van der Waals surface area contributed by atoms with Crippen LogP contribution < -0.4 is 14.2 Å². The first-order valence-corrected chi connectivity index (χ1v) is 12.6. The van der Waals surface area contributed by atoms with E-state index < -0.39 is 10.0 Å². The van der Waals surface area contributed by atoms with Crippen LogP contribution in [0.3, 0.4) is 0 Å². The first-order chi connectivity index (χ1) is 16.3. The van der Waals surface area contributed by atoms with Gasteiger partial charge in [-0.3, -0.25) is 0 Å². The maximum absolute atomic E-state index is 13.0. The molecule has 4 rings (SSSR count). The number of ether oxygens (including phenoxy) is 3. The Morgan fingerprint density at radius 3 is 2.32 bits per heavy atom. The van der Waals surface area contributed by atoms with Crippen molar-refractivity contribution in [2.45, 2.75) is 43.6 Å². The minimum Gasteiger partial charge on any atom is -0.497 e. The van der Waals surface area contributed by atoms with Gasteiger partial charge in [0.15, 0.2) is 11.5 Å². The van der Waals surface area contributed by atoms with Crippen molar-refractivity contribution in [3.05, 3.63) is 48.4 Å². The van der Waals surface area contributed by atoms with Crippen LogP contribution in [-0.4, -0.2) is 56.3 Å². The van der Waals surface area contributed by atoms with Crippen molar-refractivity contribution < 1.29 is 27.2 Å². The number of methoxy groups -OCH3 is 2. The van der Waals surface area contributed by atoms with E-state index in [1.54, 1.807) is 38.5 Å². The summed E-state index contributed by atoms with van der Waals surface area (Å²) in [6.07, 6.45) is 1.22. The molecule has 1 aromatic heterocycles. The fourth-order valence-corrected chi connectivity index (χ4v) is 5.39. The van der Waals surface area contributed by atoms with Crippen molar-refractivity contribution in [3.63, 3.8) is 0 Å². The molecule has 0 amide bonds. The third-order valence-electron chi connectivity index (χ3n) is 5.73. The summed E-state index contributed by atoms with van der Waals surface area (Å²) in [6.45, 7) is 4.66. The van der Waals surface area contributed by atoms with E-state index in [0.29, 0.717) is 54.9 Å². The van der Waals surface area contributed by atoms with E-state index in [1.165, 1.54) is 4.31 Å². The van der Waals surface area contributed by atoms with Crippen LogP contribution in [0.15, 0.2) is 51.9 Å². The van der Waals surface area contributed by atoms with E-state index in [9.17, 15) is 8.42 Å². The molecule has 0 spiro atoms. The van der Waals surface area contributed by atoms with E-state index in [2.05, 4.69) is 10.1 Å². The predicted molar refractivity (Wildman–Crippen MR) is 126 cm³/mol. The summed E-state index contributed by atoms with van der Waals surface area (Å²) >= 11 is 0. The number of hydrogen-bond donors (Lipinski definition) is 0. The molecule has 0 saturated carbocycles. The van der Waals surface area contributed by atoms with Gasteiger partial charge in [0, 0.05) is 24.6 Å². The molecule has 0 radical (unpaired) electrons. The summed E-state index contributed by atoms with van der Waals surface area (Å²) < 4.78 is 49.3. The molecule has 3 aromatic rings. The lowest BCUT2D eigenvalue weighted by atomic mass is 9.98. The van der Waals surface area contributed by atoms with Gasteiger partial charge in [-0.25, -0.2) is 8.42 Å². The highest BCUT2D eigenvalue weighted by atomic mass is 32.2. The first-order valence-electron chi connectivity index (χ1n) is 11.1. The largest absolute Gasteiger partial charge is 0.497 e. The van der Waals surface area contributed by atoms with Gasteiger partial charge in [0.1, 0.15) is 5.75 Å². The fourth-order valence-electron chi connectivity index (χ4n) is 3.92. The van der Waals surface area contributed by atoms with Crippen molar-refractivity contribution in [1.29, 1.82) is 0 Å². The molecule has 1 saturated heterocycles. The topological polar surface area (TPSA) is 104 Å². The first kappa shape index (κ1) is 24.0. The van der Waals surface area contributed by atoms with Crippen LogP contribution in [0.5, 0.6) is 17.2 Å². The Morgan fingerprint density at radius 1 is 1.00 bits per heavy atom. The molecule has 9 nitrogen and oxygen atoms in total. The number of sulfonamides is 1. The van der Waals surface area contributed by atoms with Crippen LogP contribution >= 0.6 is 0 Å². The Bertz CT molecular complexity index is 1220. The molecule has 2 aromatic carbocycles. The molecule has 1 fully saturated rings. The minimum atomic E-state index is -3.57. The number of benzene rings is 2. The lowest BCUT2D eigenvalue weighted by Crippen LogP contribution is -2.37. The zero-order chi connectivity index (χ0) is 24.3. The Labute approximate surface area is 199 Å². The van der Waals surface area contributed by atoms with E-state index in [0.717, 1.165) is 5.56 Å². The zero-order valence-electron chi connectivity index (χ0n) is 19.7. The maximum atomic E-state index is 13.0. The fraction of sp³-hybridized carbons (Fsp3) is 0.417. The second-order valence-corrected chi connectivity index (χ2v) is 10.3. The number of rotatable bonds is 8. The average molecular weight is 488 g/mol. The van der Waals surface area contributed by atoms with Crippen molar-refractivity contribution in [2.75, 3.05) is 27.3 Å². The average Bonchev–Trinajstić information content (AvgIpc) is 3.34. The van der Waals surface area contributed by atoms with Gasteiger partial charge in [0.05, 0.1) is 25.2 Å². The monoisotopic (exact) mass is 487 g/mol. The molecule has 2 heterocycles. The van der Waals surface area contributed by atoms with Crippen LogP contribution in [0.1, 0.15) is 38.5 Å². The van der Waals surface area contributed by atoms with Gasteiger partial charge in [-0.05, 0) is 69.2 Å². The van der Waals surface area contributed by atoms with E-state index in [1.807, 2.05) is 32.0 Å². The zero-order valence-corrected chi connectivity index (χ0v) is 20.5. The maximum Gasteiger partial charge on any atom is 0.243 e. The highest BCUT2D eigenvalue weighted by Gasteiger charge is 2.32. The molecule has 1 aliphatic rings. The van der Waals surface area contributed by atoms with Crippen molar-refractivity contribution in [3.8, 4) is 28.6 Å². The second-order valence-electron chi connectivity index (χ2n) is 8.34. The summed E-state index contributed by atoms with van der Waals surface area (Å²) in [7, 11) is -0.435. The number of aromatic nitrogens is 2. The van der Waals surface area contributed by atoms with Gasteiger partial charge in [0.25, 0.3) is 0 Å². The van der Waals surface area contributed by atoms with Crippen molar-refractivity contribution in [1.82, 2.24) is 14.4 Å². The molecule has 0 atom stereocenters. The molecule has 10 heteroatoms. The van der Waals surface area contributed by atoms with Crippen LogP contribution in [0.2, 0.25) is 0 Å². The lowest BCUT2D eigenvalue weighted by molar-refractivity contribution is 0.230. The van der Waals surface area contributed by atoms with Gasteiger partial charge < -0.3 is 18.7 Å². The Kier molecular flexibility index (Phi) is 7.08. The highest BCUT2D eigenvalue weighted by Crippen LogP contribution is 2.34. The van der Waals surface area contributed by atoms with Crippen molar-refractivity contribution in [2.24, 2.45) is 0 Å². The molecule has 34 heavy (non-hydrogen) atoms. The minimum absolute atomic E-state index is 0.00555. The van der Waals surface area contributed by atoms with Crippen LogP contribution in [-0.2, 0) is 10.0 Å². The van der Waals surface area contributed by atoms with Crippen LogP contribution in [0.25, 0.3) is 11.4 Å². The lowest BCUT2D eigenvalue weighted by Gasteiger charge is -2.29. The number of nitrogens with zero attached hydrogens (tertiary/aromatic N) is 3. The van der Waals surface area contributed by atoms with E-state index in [-0.39, 0.29) is 16.9 Å². The van der Waals surface area contributed by atoms with Gasteiger partial charge in [-0.2, -0.15) is 9.29 Å². The number of piperidine rings is 1. The molecule has 1 aliphatic heterocycles. The van der Waals surface area contributed by atoms with Gasteiger partial charge >= 0.3 is 0 Å². The molecule has 0 aliphatic carbocycles. The summed E-state index contributed by atoms with van der Waals surface area (Å²) in [5.41, 5.74) is 0.752. The van der Waals surface area contributed by atoms with Gasteiger partial charge in [-0.15, -0.1) is 0 Å². The van der Waals surface area contributed by atoms with E-state index >= 15 is 0 Å². The Balaban J connectivity index is 1.43. The highest BCUT2D eigenvalue weighted by molar-refractivity contribution is 7.89. The van der Waals surface area contributed by atoms with Crippen molar-refractivity contribution >= 4 is 10.0 Å². The molecule has 0 bridgehead atoms. The smallest absolute Gasteiger partial charge is 0.243 e. The van der Waals surface area contributed by atoms with E-state index in [4.69, 9.17) is 18.7 Å². The quantitative estimate of drug-likeness (QED) is 0.468. The summed E-state index contributed by atoms with van der Waals surface area (Å²) in [4.78, 5) is 4.83. The Morgan fingerprint density at radius 2 is 1.71 bits per heavy atom. The van der Waals surface area contributed by atoms with Crippen LogP contribution in [0, 0.1) is 0 Å². The molecule has 182 valence electrons. The van der Waals surface area contributed by atoms with Gasteiger partial charge in [0.2, 0.25) is 21.7 Å². The second kappa shape index (κ2) is 10.0. The molecule has 0 N–H and O–H groups in total. The van der Waals surface area contributed by atoms with Crippen LogP contribution in [0.4, 0.5) is 0 Å².